The Hall–Kier alpha value is -0.910. The molecule has 66 valence electrons. The number of hydrogen-bond donors (Lipinski definition) is 1. The van der Waals surface area contributed by atoms with E-state index in [-0.39, 0.29) is 12.1 Å². The summed E-state index contributed by atoms with van der Waals surface area (Å²) in [6.45, 7) is -0.507. The summed E-state index contributed by atoms with van der Waals surface area (Å²) in [6.07, 6.45) is 1.18. The number of rotatable bonds is 3. The second-order valence-corrected chi connectivity index (χ2v) is 2.82. The molecule has 1 aromatic heterocycles. The Morgan fingerprint density at radius 3 is 2.92 bits per heavy atom. The molecule has 0 atom stereocenters. The number of carbonyl (C=O) groups is 1. The van der Waals surface area contributed by atoms with Gasteiger partial charge in [-0.15, -0.1) is 0 Å². The molecule has 0 aliphatic carbocycles. The van der Waals surface area contributed by atoms with Gasteiger partial charge in [0.15, 0.2) is 0 Å². The molecule has 0 saturated heterocycles. The van der Waals surface area contributed by atoms with Crippen LogP contribution in [0.5, 0.6) is 0 Å². The fourth-order valence-corrected chi connectivity index (χ4v) is 1.29. The Morgan fingerprint density at radius 1 is 1.83 bits per heavy atom. The van der Waals surface area contributed by atoms with Gasteiger partial charge in [-0.25, -0.2) is 9.18 Å². The molecule has 1 heterocycles. The highest BCUT2D eigenvalue weighted by Crippen LogP contribution is 2.15. The summed E-state index contributed by atoms with van der Waals surface area (Å²) >= 11 is 3.01. The first-order chi connectivity index (χ1) is 5.66. The summed E-state index contributed by atoms with van der Waals surface area (Å²) in [5.74, 6) is -1.08. The van der Waals surface area contributed by atoms with E-state index >= 15 is 0 Å². The van der Waals surface area contributed by atoms with Gasteiger partial charge in [-0.2, -0.15) is 5.10 Å². The van der Waals surface area contributed by atoms with Crippen LogP contribution >= 0.6 is 15.9 Å². The molecule has 6 heteroatoms. The van der Waals surface area contributed by atoms with Crippen LogP contribution in [0.3, 0.4) is 0 Å². The van der Waals surface area contributed by atoms with Crippen LogP contribution < -0.4 is 0 Å². The zero-order valence-corrected chi connectivity index (χ0v) is 7.58. The highest BCUT2D eigenvalue weighted by molar-refractivity contribution is 9.10. The molecule has 0 amide bonds. The molecule has 0 aliphatic rings. The SMILES string of the molecule is O=C(O)c1cnn(CCF)c1Br. The molecular weight excluding hydrogens is 231 g/mol. The standard InChI is InChI=1S/C6H6BrFN2O2/c7-5-4(6(11)12)3-9-10(5)2-1-8/h3H,1-2H2,(H,11,12). The van der Waals surface area contributed by atoms with Gasteiger partial charge in [0, 0.05) is 0 Å². The first kappa shape index (κ1) is 9.18. The third-order valence-corrected chi connectivity index (χ3v) is 2.14. The molecule has 0 radical (unpaired) electrons. The van der Waals surface area contributed by atoms with E-state index in [1.54, 1.807) is 0 Å². The van der Waals surface area contributed by atoms with Crippen LogP contribution in [0.4, 0.5) is 4.39 Å². The third-order valence-electron chi connectivity index (χ3n) is 1.30. The van der Waals surface area contributed by atoms with Gasteiger partial charge < -0.3 is 5.11 Å². The second-order valence-electron chi connectivity index (χ2n) is 2.07. The van der Waals surface area contributed by atoms with E-state index in [0.29, 0.717) is 4.60 Å². The second kappa shape index (κ2) is 3.66. The van der Waals surface area contributed by atoms with E-state index in [4.69, 9.17) is 5.11 Å². The Morgan fingerprint density at radius 2 is 2.50 bits per heavy atom. The zero-order chi connectivity index (χ0) is 9.14. The molecular formula is C6H6BrFN2O2. The van der Waals surface area contributed by atoms with Gasteiger partial charge in [-0.1, -0.05) is 0 Å². The van der Waals surface area contributed by atoms with Gasteiger partial charge in [0.1, 0.15) is 16.8 Å². The minimum atomic E-state index is -1.08. The first-order valence-electron chi connectivity index (χ1n) is 3.17. The minimum absolute atomic E-state index is 0.0449. The van der Waals surface area contributed by atoms with Crippen molar-refractivity contribution in [3.8, 4) is 0 Å². The fraction of sp³-hybridized carbons (Fsp3) is 0.333. The number of alkyl halides is 1. The van der Waals surface area contributed by atoms with Gasteiger partial charge in [0.05, 0.1) is 12.7 Å². The number of carboxylic acids is 1. The number of halogens is 2. The van der Waals surface area contributed by atoms with E-state index in [0.717, 1.165) is 0 Å². The van der Waals surface area contributed by atoms with Gasteiger partial charge >= 0.3 is 5.97 Å². The third kappa shape index (κ3) is 1.63. The molecule has 0 aliphatic heterocycles. The molecule has 0 aromatic carbocycles. The Bertz CT molecular complexity index is 300. The number of aromatic nitrogens is 2. The van der Waals surface area contributed by atoms with E-state index in [1.807, 2.05) is 0 Å². The van der Waals surface area contributed by atoms with E-state index in [9.17, 15) is 9.18 Å². The van der Waals surface area contributed by atoms with E-state index < -0.39 is 12.6 Å². The average Bonchev–Trinajstić information content (AvgIpc) is 2.34. The Balaban J connectivity index is 2.96. The summed E-state index contributed by atoms with van der Waals surface area (Å²) in [5.41, 5.74) is 0.0449. The van der Waals surface area contributed by atoms with Crippen LogP contribution in [0.25, 0.3) is 0 Å². The minimum Gasteiger partial charge on any atom is -0.478 e. The largest absolute Gasteiger partial charge is 0.478 e. The number of aryl methyl sites for hydroxylation is 1. The van der Waals surface area contributed by atoms with Crippen molar-refractivity contribution in [2.45, 2.75) is 6.54 Å². The van der Waals surface area contributed by atoms with Crippen molar-refractivity contribution < 1.29 is 14.3 Å². The maximum atomic E-state index is 11.8. The summed E-state index contributed by atoms with van der Waals surface area (Å²) in [5, 5.41) is 12.2. The van der Waals surface area contributed by atoms with Crippen LogP contribution in [0, 0.1) is 0 Å². The average molecular weight is 237 g/mol. The predicted octanol–water partition coefficient (Wildman–Crippen LogP) is 1.31. The number of nitrogens with zero attached hydrogens (tertiary/aromatic N) is 2. The molecule has 1 N–H and O–H groups in total. The van der Waals surface area contributed by atoms with Crippen LogP contribution in [-0.2, 0) is 6.54 Å². The lowest BCUT2D eigenvalue weighted by molar-refractivity contribution is 0.0695. The van der Waals surface area contributed by atoms with Crippen LogP contribution in [0.2, 0.25) is 0 Å². The van der Waals surface area contributed by atoms with E-state index in [1.165, 1.54) is 10.9 Å². The van der Waals surface area contributed by atoms with Crippen molar-refractivity contribution in [2.24, 2.45) is 0 Å². The topological polar surface area (TPSA) is 55.1 Å². The molecule has 0 spiro atoms. The highest BCUT2D eigenvalue weighted by atomic mass is 79.9. The van der Waals surface area contributed by atoms with Crippen LogP contribution in [0.15, 0.2) is 10.8 Å². The molecule has 0 fully saturated rings. The fourth-order valence-electron chi connectivity index (χ4n) is 0.750. The predicted molar refractivity (Wildman–Crippen MR) is 42.9 cm³/mol. The maximum Gasteiger partial charge on any atom is 0.340 e. The molecule has 0 unspecified atom stereocenters. The van der Waals surface area contributed by atoms with E-state index in [2.05, 4.69) is 21.0 Å². The maximum absolute atomic E-state index is 11.8. The normalized spacial score (nSPS) is 10.2. The van der Waals surface area contributed by atoms with Crippen molar-refractivity contribution in [1.29, 1.82) is 0 Å². The van der Waals surface area contributed by atoms with Gasteiger partial charge in [0.2, 0.25) is 0 Å². The summed E-state index contributed by atoms with van der Waals surface area (Å²) in [6, 6.07) is 0. The molecule has 1 rings (SSSR count). The van der Waals surface area contributed by atoms with Crippen molar-refractivity contribution in [1.82, 2.24) is 9.78 Å². The highest BCUT2D eigenvalue weighted by Gasteiger charge is 2.13. The van der Waals surface area contributed by atoms with Crippen LogP contribution in [0.1, 0.15) is 10.4 Å². The Labute approximate surface area is 76.1 Å². The summed E-state index contributed by atoms with van der Waals surface area (Å²) in [4.78, 5) is 10.5. The lowest BCUT2D eigenvalue weighted by Gasteiger charge is -1.97. The molecule has 0 bridgehead atoms. The van der Waals surface area contributed by atoms with Crippen molar-refractivity contribution in [2.75, 3.05) is 6.67 Å². The summed E-state index contributed by atoms with van der Waals surface area (Å²) in [7, 11) is 0. The number of hydrogen-bond acceptors (Lipinski definition) is 2. The molecule has 1 aromatic rings. The zero-order valence-electron chi connectivity index (χ0n) is 6.00. The lowest BCUT2D eigenvalue weighted by Crippen LogP contribution is -2.03. The monoisotopic (exact) mass is 236 g/mol. The molecule has 0 saturated carbocycles. The lowest BCUT2D eigenvalue weighted by atomic mass is 10.4. The summed E-state index contributed by atoms with van der Waals surface area (Å²) < 4.78 is 13.4. The quantitative estimate of drug-likeness (QED) is 0.862. The van der Waals surface area contributed by atoms with Crippen molar-refractivity contribution in [3.63, 3.8) is 0 Å². The molecule has 12 heavy (non-hydrogen) atoms. The van der Waals surface area contributed by atoms with Gasteiger partial charge in [0.25, 0.3) is 0 Å². The van der Waals surface area contributed by atoms with Crippen molar-refractivity contribution >= 4 is 21.9 Å². The Kier molecular flexibility index (Phi) is 2.80. The number of aromatic carboxylic acids is 1. The smallest absolute Gasteiger partial charge is 0.340 e. The van der Waals surface area contributed by atoms with Crippen molar-refractivity contribution in [3.05, 3.63) is 16.4 Å². The number of carboxylic acid groups (broad SMARTS) is 1. The van der Waals surface area contributed by atoms with Gasteiger partial charge in [-0.3, -0.25) is 4.68 Å². The van der Waals surface area contributed by atoms with Crippen LogP contribution in [-0.4, -0.2) is 27.5 Å². The molecule has 4 nitrogen and oxygen atoms in total. The first-order valence-corrected chi connectivity index (χ1v) is 3.96. The van der Waals surface area contributed by atoms with Gasteiger partial charge in [-0.05, 0) is 15.9 Å².